The summed E-state index contributed by atoms with van der Waals surface area (Å²) in [5.41, 5.74) is 3.27. The van der Waals surface area contributed by atoms with Crippen LogP contribution in [-0.4, -0.2) is 13.3 Å². The van der Waals surface area contributed by atoms with E-state index in [9.17, 15) is 0 Å². The summed E-state index contributed by atoms with van der Waals surface area (Å²) in [5, 5.41) is 0. The number of ether oxygens (including phenoxy) is 1. The van der Waals surface area contributed by atoms with Gasteiger partial charge in [0.15, 0.2) is 0 Å². The molecule has 82 valence electrons. The van der Waals surface area contributed by atoms with E-state index >= 15 is 0 Å². The third-order valence-electron chi connectivity index (χ3n) is 2.12. The Kier molecular flexibility index (Phi) is 3.89. The molecule has 0 bridgehead atoms. The number of rotatable bonds is 3. The number of benzene rings is 1. The molecule has 0 amide bonds. The lowest BCUT2D eigenvalue weighted by atomic mass is 10.1. The molecule has 0 aliphatic heterocycles. The Labute approximate surface area is 92.0 Å². The summed E-state index contributed by atoms with van der Waals surface area (Å²) in [5.74, 6) is 1.33. The molecule has 0 N–H and O–H groups in total. The SMILES string of the molecule is COc1c(C)cc(C)cc1/N=C\C(C)C. The van der Waals surface area contributed by atoms with Crippen molar-refractivity contribution < 1.29 is 4.74 Å². The maximum Gasteiger partial charge on any atom is 0.147 e. The summed E-state index contributed by atoms with van der Waals surface area (Å²) >= 11 is 0. The average Bonchev–Trinajstić information content (AvgIpc) is 2.13. The van der Waals surface area contributed by atoms with E-state index in [1.165, 1.54) is 5.56 Å². The zero-order chi connectivity index (χ0) is 11.4. The number of hydrogen-bond donors (Lipinski definition) is 0. The van der Waals surface area contributed by atoms with E-state index in [-0.39, 0.29) is 0 Å². The molecule has 0 aliphatic carbocycles. The van der Waals surface area contributed by atoms with Crippen molar-refractivity contribution in [1.29, 1.82) is 0 Å². The van der Waals surface area contributed by atoms with Gasteiger partial charge in [-0.3, -0.25) is 4.99 Å². The molecule has 0 saturated heterocycles. The van der Waals surface area contributed by atoms with Crippen molar-refractivity contribution in [3.05, 3.63) is 23.3 Å². The number of nitrogens with zero attached hydrogens (tertiary/aromatic N) is 1. The van der Waals surface area contributed by atoms with Gasteiger partial charge in [0.2, 0.25) is 0 Å². The smallest absolute Gasteiger partial charge is 0.147 e. The quantitative estimate of drug-likeness (QED) is 0.690. The third-order valence-corrected chi connectivity index (χ3v) is 2.12. The molecule has 2 nitrogen and oxygen atoms in total. The van der Waals surface area contributed by atoms with E-state index in [4.69, 9.17) is 4.74 Å². The van der Waals surface area contributed by atoms with E-state index in [0.29, 0.717) is 5.92 Å². The van der Waals surface area contributed by atoms with E-state index < -0.39 is 0 Å². The van der Waals surface area contributed by atoms with Gasteiger partial charge >= 0.3 is 0 Å². The van der Waals surface area contributed by atoms with E-state index in [1.54, 1.807) is 7.11 Å². The zero-order valence-electron chi connectivity index (χ0n) is 10.2. The molecule has 0 heterocycles. The highest BCUT2D eigenvalue weighted by Gasteiger charge is 2.05. The number of aryl methyl sites for hydroxylation is 2. The number of hydrogen-bond acceptors (Lipinski definition) is 2. The predicted octanol–water partition coefficient (Wildman–Crippen LogP) is 3.67. The van der Waals surface area contributed by atoms with Crippen LogP contribution in [0.2, 0.25) is 0 Å². The van der Waals surface area contributed by atoms with E-state index in [0.717, 1.165) is 17.0 Å². The van der Waals surface area contributed by atoms with Gasteiger partial charge in [-0.1, -0.05) is 19.9 Å². The normalized spacial score (nSPS) is 11.3. The Morgan fingerprint density at radius 1 is 1.27 bits per heavy atom. The lowest BCUT2D eigenvalue weighted by molar-refractivity contribution is 0.413. The van der Waals surface area contributed by atoms with Crippen LogP contribution in [0.1, 0.15) is 25.0 Å². The molecule has 0 atom stereocenters. The standard InChI is InChI=1S/C13H19NO/c1-9(2)8-14-12-7-10(3)6-11(4)13(12)15-5/h6-9H,1-5H3/b14-8-. The molecule has 15 heavy (non-hydrogen) atoms. The fourth-order valence-electron chi connectivity index (χ4n) is 1.52. The molecule has 1 rings (SSSR count). The summed E-state index contributed by atoms with van der Waals surface area (Å²) in [6.45, 7) is 8.33. The lowest BCUT2D eigenvalue weighted by Gasteiger charge is -2.09. The largest absolute Gasteiger partial charge is 0.494 e. The first-order valence-corrected chi connectivity index (χ1v) is 5.24. The van der Waals surface area contributed by atoms with Crippen LogP contribution in [0, 0.1) is 19.8 Å². The van der Waals surface area contributed by atoms with Crippen LogP contribution in [0.15, 0.2) is 17.1 Å². The monoisotopic (exact) mass is 205 g/mol. The molecular weight excluding hydrogens is 186 g/mol. The van der Waals surface area contributed by atoms with Crippen LogP contribution < -0.4 is 4.74 Å². The van der Waals surface area contributed by atoms with Crippen molar-refractivity contribution in [2.24, 2.45) is 10.9 Å². The van der Waals surface area contributed by atoms with Crippen molar-refractivity contribution in [2.75, 3.05) is 7.11 Å². The Bertz CT molecular complexity index is 367. The minimum atomic E-state index is 0.454. The minimum absolute atomic E-state index is 0.454. The van der Waals surface area contributed by atoms with Gasteiger partial charge < -0.3 is 4.74 Å². The van der Waals surface area contributed by atoms with Crippen LogP contribution in [0.25, 0.3) is 0 Å². The molecule has 2 heteroatoms. The van der Waals surface area contributed by atoms with Crippen molar-refractivity contribution >= 4 is 11.9 Å². The van der Waals surface area contributed by atoms with Gasteiger partial charge in [0.1, 0.15) is 11.4 Å². The fourth-order valence-corrected chi connectivity index (χ4v) is 1.52. The van der Waals surface area contributed by atoms with Crippen molar-refractivity contribution in [3.63, 3.8) is 0 Å². The molecule has 0 radical (unpaired) electrons. The first-order valence-electron chi connectivity index (χ1n) is 5.24. The van der Waals surface area contributed by atoms with Gasteiger partial charge in [0.25, 0.3) is 0 Å². The molecule has 0 fully saturated rings. The third kappa shape index (κ3) is 3.08. The maximum absolute atomic E-state index is 5.35. The van der Waals surface area contributed by atoms with E-state index in [2.05, 4.69) is 31.8 Å². The highest BCUT2D eigenvalue weighted by atomic mass is 16.5. The van der Waals surface area contributed by atoms with Gasteiger partial charge in [0.05, 0.1) is 7.11 Å². The van der Waals surface area contributed by atoms with Crippen LogP contribution in [0.3, 0.4) is 0 Å². The van der Waals surface area contributed by atoms with Crippen LogP contribution in [0.4, 0.5) is 5.69 Å². The topological polar surface area (TPSA) is 21.6 Å². The zero-order valence-corrected chi connectivity index (χ0v) is 10.2. The second kappa shape index (κ2) is 4.96. The molecule has 0 aliphatic rings. The Hall–Kier alpha value is -1.31. The second-order valence-electron chi connectivity index (χ2n) is 4.16. The molecule has 0 spiro atoms. The van der Waals surface area contributed by atoms with Gasteiger partial charge in [-0.05, 0) is 37.0 Å². The Morgan fingerprint density at radius 2 is 1.93 bits per heavy atom. The van der Waals surface area contributed by atoms with Crippen molar-refractivity contribution in [3.8, 4) is 5.75 Å². The summed E-state index contributed by atoms with van der Waals surface area (Å²) in [7, 11) is 1.69. The minimum Gasteiger partial charge on any atom is -0.494 e. The van der Waals surface area contributed by atoms with Gasteiger partial charge in [0, 0.05) is 6.21 Å². The van der Waals surface area contributed by atoms with Gasteiger partial charge in [-0.25, -0.2) is 0 Å². The highest BCUT2D eigenvalue weighted by molar-refractivity contribution is 5.69. The molecular formula is C13H19NO. The second-order valence-corrected chi connectivity index (χ2v) is 4.16. The predicted molar refractivity (Wildman–Crippen MR) is 65.5 cm³/mol. The van der Waals surface area contributed by atoms with Crippen LogP contribution in [-0.2, 0) is 0 Å². The first-order chi connectivity index (χ1) is 7.04. The number of methoxy groups -OCH3 is 1. The van der Waals surface area contributed by atoms with Crippen molar-refractivity contribution in [2.45, 2.75) is 27.7 Å². The summed E-state index contributed by atoms with van der Waals surface area (Å²) in [6, 6.07) is 4.15. The maximum atomic E-state index is 5.35. The average molecular weight is 205 g/mol. The highest BCUT2D eigenvalue weighted by Crippen LogP contribution is 2.32. The van der Waals surface area contributed by atoms with Crippen LogP contribution in [0.5, 0.6) is 5.75 Å². The van der Waals surface area contributed by atoms with Gasteiger partial charge in [-0.15, -0.1) is 0 Å². The molecule has 0 unspecified atom stereocenters. The Morgan fingerprint density at radius 3 is 2.47 bits per heavy atom. The summed E-state index contributed by atoms with van der Waals surface area (Å²) < 4.78 is 5.35. The molecule has 0 aromatic heterocycles. The lowest BCUT2D eigenvalue weighted by Crippen LogP contribution is -1.91. The van der Waals surface area contributed by atoms with Crippen LogP contribution >= 0.6 is 0 Å². The van der Waals surface area contributed by atoms with E-state index in [1.807, 2.05) is 19.2 Å². The Balaban J connectivity index is 3.14. The first kappa shape index (κ1) is 11.8. The van der Waals surface area contributed by atoms with Gasteiger partial charge in [-0.2, -0.15) is 0 Å². The fraction of sp³-hybridized carbons (Fsp3) is 0.462. The summed E-state index contributed by atoms with van der Waals surface area (Å²) in [4.78, 5) is 4.45. The van der Waals surface area contributed by atoms with Crippen molar-refractivity contribution in [1.82, 2.24) is 0 Å². The molecule has 1 aromatic rings. The summed E-state index contributed by atoms with van der Waals surface area (Å²) in [6.07, 6.45) is 1.94. The molecule has 0 saturated carbocycles. The number of aliphatic imine (C=N–C) groups is 1. The molecule has 1 aromatic carbocycles.